The summed E-state index contributed by atoms with van der Waals surface area (Å²) < 4.78 is 27.2. The van der Waals surface area contributed by atoms with E-state index in [0.29, 0.717) is 10.9 Å². The number of hydrogen-bond acceptors (Lipinski definition) is 4. The molecule has 0 atom stereocenters. The first-order valence-electron chi connectivity index (χ1n) is 7.38. The first-order chi connectivity index (χ1) is 11.3. The average molecular weight is 387 g/mol. The summed E-state index contributed by atoms with van der Waals surface area (Å²) in [6.07, 6.45) is 0. The van der Waals surface area contributed by atoms with Gasteiger partial charge in [-0.05, 0) is 31.5 Å². The topological polar surface area (TPSA) is 66.5 Å². The molecule has 0 saturated carbocycles. The van der Waals surface area contributed by atoms with Gasteiger partial charge in [0.2, 0.25) is 5.91 Å². The Bertz CT molecular complexity index is 789. The van der Waals surface area contributed by atoms with Crippen LogP contribution in [0.2, 0.25) is 4.34 Å². The Morgan fingerprint density at radius 1 is 1.21 bits per heavy atom. The smallest absolute Gasteiger partial charge is 0.250 e. The first-order valence-corrected chi connectivity index (χ1v) is 10.1. The van der Waals surface area contributed by atoms with Crippen molar-refractivity contribution in [3.63, 3.8) is 0 Å². The highest BCUT2D eigenvalue weighted by atomic mass is 35.5. The number of nitrogens with zero attached hydrogens (tertiary/aromatic N) is 1. The highest BCUT2D eigenvalue weighted by Crippen LogP contribution is 2.25. The second-order valence-corrected chi connectivity index (χ2v) is 9.19. The number of amides is 1. The van der Waals surface area contributed by atoms with Gasteiger partial charge in [-0.25, -0.2) is 13.1 Å². The molecular formula is C16H19ClN2O3S2. The zero-order valence-electron chi connectivity index (χ0n) is 13.4. The quantitative estimate of drug-likeness (QED) is 0.795. The molecule has 2 aromatic rings. The van der Waals surface area contributed by atoms with Crippen LogP contribution in [-0.2, 0) is 21.4 Å². The molecule has 2 rings (SSSR count). The SMILES string of the molecule is CC(C)N(Cc1ccccc1)C(=O)CNS(=O)(=O)c1ccc(Cl)s1. The number of nitrogens with one attached hydrogen (secondary N) is 1. The molecule has 0 aliphatic heterocycles. The van der Waals surface area contributed by atoms with Crippen molar-refractivity contribution >= 4 is 38.9 Å². The Morgan fingerprint density at radius 3 is 2.42 bits per heavy atom. The lowest BCUT2D eigenvalue weighted by Crippen LogP contribution is -2.43. The van der Waals surface area contributed by atoms with Gasteiger partial charge in [-0.1, -0.05) is 41.9 Å². The number of hydrogen-bond donors (Lipinski definition) is 1. The highest BCUT2D eigenvalue weighted by Gasteiger charge is 2.22. The molecule has 0 aliphatic rings. The molecular weight excluding hydrogens is 368 g/mol. The van der Waals surface area contributed by atoms with Crippen molar-refractivity contribution in [1.82, 2.24) is 9.62 Å². The number of halogens is 1. The molecule has 8 heteroatoms. The van der Waals surface area contributed by atoms with Crippen LogP contribution < -0.4 is 4.72 Å². The van der Waals surface area contributed by atoms with Gasteiger partial charge in [0.05, 0.1) is 10.9 Å². The minimum atomic E-state index is -3.73. The lowest BCUT2D eigenvalue weighted by Gasteiger charge is -2.27. The molecule has 0 spiro atoms. The van der Waals surface area contributed by atoms with Crippen LogP contribution in [0.4, 0.5) is 0 Å². The summed E-state index contributed by atoms with van der Waals surface area (Å²) in [6, 6.07) is 12.5. The van der Waals surface area contributed by atoms with Crippen LogP contribution in [0.1, 0.15) is 19.4 Å². The van der Waals surface area contributed by atoms with E-state index in [1.807, 2.05) is 44.2 Å². The fraction of sp³-hybridized carbons (Fsp3) is 0.312. The van der Waals surface area contributed by atoms with E-state index >= 15 is 0 Å². The molecule has 24 heavy (non-hydrogen) atoms. The van der Waals surface area contributed by atoms with Gasteiger partial charge in [-0.2, -0.15) is 0 Å². The van der Waals surface area contributed by atoms with Crippen molar-refractivity contribution in [1.29, 1.82) is 0 Å². The Kier molecular flexibility index (Phi) is 6.40. The third-order valence-corrected chi connectivity index (χ3v) is 6.49. The van der Waals surface area contributed by atoms with Crippen molar-refractivity contribution < 1.29 is 13.2 Å². The first kappa shape index (κ1) is 18.9. The Balaban J connectivity index is 2.03. The normalized spacial score (nSPS) is 11.7. The Hall–Kier alpha value is -1.41. The minimum Gasteiger partial charge on any atom is -0.335 e. The molecule has 1 heterocycles. The highest BCUT2D eigenvalue weighted by molar-refractivity contribution is 7.91. The number of rotatable bonds is 7. The second kappa shape index (κ2) is 8.11. The van der Waals surface area contributed by atoms with E-state index in [0.717, 1.165) is 16.9 Å². The maximum atomic E-state index is 12.4. The van der Waals surface area contributed by atoms with E-state index in [1.165, 1.54) is 12.1 Å². The predicted octanol–water partition coefficient (Wildman–Crippen LogP) is 3.12. The van der Waals surface area contributed by atoms with Gasteiger partial charge in [0.1, 0.15) is 4.21 Å². The van der Waals surface area contributed by atoms with Gasteiger partial charge in [0.15, 0.2) is 0 Å². The van der Waals surface area contributed by atoms with Gasteiger partial charge in [-0.15, -0.1) is 11.3 Å². The molecule has 0 fully saturated rings. The summed E-state index contributed by atoms with van der Waals surface area (Å²) >= 11 is 6.72. The van der Waals surface area contributed by atoms with Gasteiger partial charge < -0.3 is 4.90 Å². The fourth-order valence-corrected chi connectivity index (χ4v) is 4.61. The zero-order chi connectivity index (χ0) is 17.7. The summed E-state index contributed by atoms with van der Waals surface area (Å²) in [6.45, 7) is 3.94. The summed E-state index contributed by atoms with van der Waals surface area (Å²) in [7, 11) is -3.73. The Morgan fingerprint density at radius 2 is 1.88 bits per heavy atom. The van der Waals surface area contributed by atoms with Gasteiger partial charge >= 0.3 is 0 Å². The number of carbonyl (C=O) groups is 1. The third-order valence-electron chi connectivity index (χ3n) is 3.37. The number of thiophene rings is 1. The molecule has 1 aromatic carbocycles. The maximum absolute atomic E-state index is 12.4. The largest absolute Gasteiger partial charge is 0.335 e. The summed E-state index contributed by atoms with van der Waals surface area (Å²) in [5.74, 6) is -0.278. The standard InChI is InChI=1S/C16H19ClN2O3S2/c1-12(2)19(11-13-6-4-3-5-7-13)15(20)10-18-24(21,22)16-9-8-14(17)23-16/h3-9,12,18H,10-11H2,1-2H3. The van der Waals surface area contributed by atoms with E-state index in [2.05, 4.69) is 4.72 Å². The maximum Gasteiger partial charge on any atom is 0.250 e. The van der Waals surface area contributed by atoms with Crippen molar-refractivity contribution in [2.45, 2.75) is 30.6 Å². The second-order valence-electron chi connectivity index (χ2n) is 5.48. The van der Waals surface area contributed by atoms with Crippen molar-refractivity contribution in [2.75, 3.05) is 6.54 Å². The lowest BCUT2D eigenvalue weighted by molar-refractivity contribution is -0.132. The molecule has 0 radical (unpaired) electrons. The van der Waals surface area contributed by atoms with E-state index in [9.17, 15) is 13.2 Å². The molecule has 0 saturated heterocycles. The van der Waals surface area contributed by atoms with Crippen LogP contribution in [0.15, 0.2) is 46.7 Å². The molecule has 0 aliphatic carbocycles. The molecule has 5 nitrogen and oxygen atoms in total. The van der Waals surface area contributed by atoms with E-state index in [4.69, 9.17) is 11.6 Å². The van der Waals surface area contributed by atoms with Crippen LogP contribution in [0.3, 0.4) is 0 Å². The van der Waals surface area contributed by atoms with Crippen LogP contribution >= 0.6 is 22.9 Å². The molecule has 1 aromatic heterocycles. The molecule has 0 bridgehead atoms. The number of sulfonamides is 1. The van der Waals surface area contributed by atoms with Crippen molar-refractivity contribution in [3.8, 4) is 0 Å². The van der Waals surface area contributed by atoms with Crippen LogP contribution in [0.25, 0.3) is 0 Å². The summed E-state index contributed by atoms with van der Waals surface area (Å²) in [4.78, 5) is 14.1. The molecule has 1 amide bonds. The van der Waals surface area contributed by atoms with E-state index in [1.54, 1.807) is 4.90 Å². The molecule has 0 unspecified atom stereocenters. The van der Waals surface area contributed by atoms with Gasteiger partial charge in [0.25, 0.3) is 10.0 Å². The zero-order valence-corrected chi connectivity index (χ0v) is 15.8. The number of carbonyl (C=O) groups excluding carboxylic acids is 1. The van der Waals surface area contributed by atoms with E-state index in [-0.39, 0.29) is 22.7 Å². The van der Waals surface area contributed by atoms with Crippen molar-refractivity contribution in [3.05, 3.63) is 52.4 Å². The summed E-state index contributed by atoms with van der Waals surface area (Å²) in [5, 5.41) is 0. The number of benzene rings is 1. The Labute approximate surface area is 151 Å². The minimum absolute atomic E-state index is 0.0432. The summed E-state index contributed by atoms with van der Waals surface area (Å²) in [5.41, 5.74) is 0.993. The van der Waals surface area contributed by atoms with Crippen LogP contribution in [0, 0.1) is 0 Å². The predicted molar refractivity (Wildman–Crippen MR) is 96.6 cm³/mol. The third kappa shape index (κ3) is 5.04. The van der Waals surface area contributed by atoms with Crippen LogP contribution in [-0.4, -0.2) is 31.8 Å². The fourth-order valence-electron chi connectivity index (χ4n) is 2.11. The van der Waals surface area contributed by atoms with Gasteiger partial charge in [-0.3, -0.25) is 4.79 Å². The molecule has 1 N–H and O–H groups in total. The molecule has 130 valence electrons. The monoisotopic (exact) mass is 386 g/mol. The van der Waals surface area contributed by atoms with Crippen molar-refractivity contribution in [2.24, 2.45) is 0 Å². The van der Waals surface area contributed by atoms with E-state index < -0.39 is 10.0 Å². The van der Waals surface area contributed by atoms with Crippen LogP contribution in [0.5, 0.6) is 0 Å². The average Bonchev–Trinajstić information content (AvgIpc) is 2.98. The lowest BCUT2D eigenvalue weighted by atomic mass is 10.2. The van der Waals surface area contributed by atoms with Gasteiger partial charge in [0, 0.05) is 12.6 Å².